The molecule has 0 spiro atoms. The van der Waals surface area contributed by atoms with Gasteiger partial charge in [0, 0.05) is 6.20 Å². The average Bonchev–Trinajstić information content (AvgIpc) is 2.61. The van der Waals surface area contributed by atoms with E-state index in [0.717, 1.165) is 16.3 Å². The third-order valence-corrected chi connectivity index (χ3v) is 3.99. The third-order valence-electron chi connectivity index (χ3n) is 2.94. The molecule has 0 bridgehead atoms. The summed E-state index contributed by atoms with van der Waals surface area (Å²) in [5.74, 6) is 0.587. The molecule has 1 N–H and O–H groups in total. The Morgan fingerprint density at radius 3 is 2.83 bits per heavy atom. The molecule has 1 aromatic heterocycles. The number of pyridine rings is 1. The lowest BCUT2D eigenvalue weighted by molar-refractivity contribution is -0.120. The number of ether oxygens (including phenoxy) is 1. The topological polar surface area (TPSA) is 63.6 Å². The second kappa shape index (κ2) is 9.52. The number of hydrogen-bond acceptors (Lipinski definition) is 5. The molecule has 0 saturated heterocycles. The molecule has 0 radical (unpaired) electrons. The zero-order valence-electron chi connectivity index (χ0n) is 13.4. The molecule has 0 aliphatic rings. The molecule has 1 aromatic carbocycles. The Morgan fingerprint density at radius 1 is 1.38 bits per heavy atom. The zero-order valence-corrected chi connectivity index (χ0v) is 14.2. The summed E-state index contributed by atoms with van der Waals surface area (Å²) in [5.41, 5.74) is 3.40. The molecule has 0 aliphatic heterocycles. The number of hydrogen-bond donors (Lipinski definition) is 1. The van der Waals surface area contributed by atoms with Crippen molar-refractivity contribution in [2.24, 2.45) is 5.10 Å². The van der Waals surface area contributed by atoms with E-state index in [1.54, 1.807) is 18.5 Å². The van der Waals surface area contributed by atoms with Crippen molar-refractivity contribution in [1.82, 2.24) is 10.4 Å². The molecule has 1 amide bonds. The molecule has 0 unspecified atom stereocenters. The number of rotatable bonds is 8. The zero-order chi connectivity index (χ0) is 17.2. The van der Waals surface area contributed by atoms with Crippen molar-refractivity contribution < 1.29 is 9.53 Å². The summed E-state index contributed by atoms with van der Waals surface area (Å²) in [7, 11) is 0. The first kappa shape index (κ1) is 17.7. The summed E-state index contributed by atoms with van der Waals surface area (Å²) >= 11 is 1.39. The lowest BCUT2D eigenvalue weighted by atomic mass is 10.2. The highest BCUT2D eigenvalue weighted by molar-refractivity contribution is 8.00. The Balaban J connectivity index is 1.82. The smallest absolute Gasteiger partial charge is 0.253 e. The largest absolute Gasteiger partial charge is 0.490 e. The van der Waals surface area contributed by atoms with Crippen LogP contribution in [0.1, 0.15) is 12.5 Å². The third kappa shape index (κ3) is 5.89. The number of nitrogens with zero attached hydrogens (tertiary/aromatic N) is 2. The summed E-state index contributed by atoms with van der Waals surface area (Å²) in [6, 6.07) is 13.0. The van der Waals surface area contributed by atoms with Gasteiger partial charge in [-0.1, -0.05) is 30.5 Å². The Morgan fingerprint density at radius 2 is 2.17 bits per heavy atom. The van der Waals surface area contributed by atoms with Crippen LogP contribution in [-0.4, -0.2) is 29.0 Å². The first-order valence-corrected chi connectivity index (χ1v) is 8.31. The second-order valence-electron chi connectivity index (χ2n) is 4.83. The summed E-state index contributed by atoms with van der Waals surface area (Å²) in [6.07, 6.45) is 4.98. The van der Waals surface area contributed by atoms with Crippen LogP contribution in [0.4, 0.5) is 0 Å². The van der Waals surface area contributed by atoms with Gasteiger partial charge in [-0.3, -0.25) is 4.79 Å². The molecule has 1 heterocycles. The predicted octanol–water partition coefficient (Wildman–Crippen LogP) is 3.28. The summed E-state index contributed by atoms with van der Waals surface area (Å²) < 4.78 is 5.40. The average molecular weight is 341 g/mol. The van der Waals surface area contributed by atoms with Crippen molar-refractivity contribution in [3.05, 3.63) is 66.9 Å². The van der Waals surface area contributed by atoms with Crippen molar-refractivity contribution in [1.29, 1.82) is 0 Å². The number of amides is 1. The van der Waals surface area contributed by atoms with Gasteiger partial charge in [-0.2, -0.15) is 5.10 Å². The van der Waals surface area contributed by atoms with Crippen LogP contribution in [0.2, 0.25) is 0 Å². The van der Waals surface area contributed by atoms with E-state index in [9.17, 15) is 4.79 Å². The summed E-state index contributed by atoms with van der Waals surface area (Å²) in [4.78, 5) is 16.2. The quantitative estimate of drug-likeness (QED) is 0.346. The first-order chi connectivity index (χ1) is 11.7. The molecule has 0 fully saturated rings. The second-order valence-corrected chi connectivity index (χ2v) is 6.19. The maximum absolute atomic E-state index is 12.0. The van der Waals surface area contributed by atoms with Crippen molar-refractivity contribution >= 4 is 23.9 Å². The van der Waals surface area contributed by atoms with Crippen LogP contribution >= 0.6 is 11.8 Å². The first-order valence-electron chi connectivity index (χ1n) is 7.43. The highest BCUT2D eigenvalue weighted by atomic mass is 32.2. The lowest BCUT2D eigenvalue weighted by Gasteiger charge is -2.08. The molecular weight excluding hydrogens is 322 g/mol. The van der Waals surface area contributed by atoms with Gasteiger partial charge in [0.2, 0.25) is 0 Å². The van der Waals surface area contributed by atoms with Gasteiger partial charge in [-0.15, -0.1) is 0 Å². The monoisotopic (exact) mass is 341 g/mol. The van der Waals surface area contributed by atoms with E-state index >= 15 is 0 Å². The molecule has 24 heavy (non-hydrogen) atoms. The molecule has 5 nitrogen and oxygen atoms in total. The van der Waals surface area contributed by atoms with Crippen LogP contribution in [0.5, 0.6) is 5.75 Å². The van der Waals surface area contributed by atoms with Gasteiger partial charge >= 0.3 is 0 Å². The summed E-state index contributed by atoms with van der Waals surface area (Å²) in [5, 5.41) is 4.50. The van der Waals surface area contributed by atoms with Gasteiger partial charge in [0.15, 0.2) is 0 Å². The predicted molar refractivity (Wildman–Crippen MR) is 97.4 cm³/mol. The molecule has 0 saturated carbocycles. The van der Waals surface area contributed by atoms with E-state index in [1.807, 2.05) is 49.4 Å². The maximum Gasteiger partial charge on any atom is 0.253 e. The van der Waals surface area contributed by atoms with Gasteiger partial charge in [-0.05, 0) is 48.9 Å². The van der Waals surface area contributed by atoms with E-state index in [-0.39, 0.29) is 11.2 Å². The van der Waals surface area contributed by atoms with Gasteiger partial charge < -0.3 is 4.74 Å². The minimum Gasteiger partial charge on any atom is -0.490 e. The molecule has 2 rings (SSSR count). The van der Waals surface area contributed by atoms with Crippen LogP contribution in [-0.2, 0) is 4.79 Å². The number of thioether (sulfide) groups is 1. The standard InChI is InChI=1S/C18H19N3O2S/c1-3-12-23-16-9-7-15(8-10-16)13-20-21-18(22)14(2)24-17-6-4-5-11-19-17/h3-11,13-14H,1,12H2,2H3,(H,21,22)/b20-13-/t14-/m0/s1. The minimum atomic E-state index is -0.285. The molecule has 2 aromatic rings. The maximum atomic E-state index is 12.0. The van der Waals surface area contributed by atoms with Gasteiger partial charge in [0.05, 0.1) is 16.5 Å². The highest BCUT2D eigenvalue weighted by Gasteiger charge is 2.13. The number of carbonyl (C=O) groups excluding carboxylic acids is 1. The highest BCUT2D eigenvalue weighted by Crippen LogP contribution is 2.20. The normalized spacial score (nSPS) is 11.9. The molecule has 124 valence electrons. The fourth-order valence-electron chi connectivity index (χ4n) is 1.72. The van der Waals surface area contributed by atoms with Gasteiger partial charge in [-0.25, -0.2) is 10.4 Å². The van der Waals surface area contributed by atoms with Crippen molar-refractivity contribution in [2.75, 3.05) is 6.61 Å². The van der Waals surface area contributed by atoms with Crippen LogP contribution < -0.4 is 10.2 Å². The van der Waals surface area contributed by atoms with Crippen molar-refractivity contribution in [3.63, 3.8) is 0 Å². The van der Waals surface area contributed by atoms with E-state index in [2.05, 4.69) is 22.1 Å². The fourth-order valence-corrected chi connectivity index (χ4v) is 2.52. The minimum absolute atomic E-state index is 0.173. The van der Waals surface area contributed by atoms with E-state index in [0.29, 0.717) is 6.61 Å². The SMILES string of the molecule is C=CCOc1ccc(/C=N\NC(=O)[C@H](C)Sc2ccccn2)cc1. The van der Waals surface area contributed by atoms with E-state index < -0.39 is 0 Å². The Kier molecular flexibility index (Phi) is 7.04. The van der Waals surface area contributed by atoms with Crippen LogP contribution in [0, 0.1) is 0 Å². The van der Waals surface area contributed by atoms with Crippen LogP contribution in [0.15, 0.2) is 71.4 Å². The Hall–Kier alpha value is -2.60. The molecule has 0 aliphatic carbocycles. The number of hydrazone groups is 1. The number of carbonyl (C=O) groups is 1. The van der Waals surface area contributed by atoms with Crippen LogP contribution in [0.25, 0.3) is 0 Å². The molecule has 1 atom stereocenters. The fraction of sp³-hybridized carbons (Fsp3) is 0.167. The van der Waals surface area contributed by atoms with E-state index in [4.69, 9.17) is 4.74 Å². The number of nitrogens with one attached hydrogen (secondary N) is 1. The number of aromatic nitrogens is 1. The van der Waals surface area contributed by atoms with Crippen LogP contribution in [0.3, 0.4) is 0 Å². The number of benzene rings is 1. The Bertz CT molecular complexity index is 687. The van der Waals surface area contributed by atoms with Crippen molar-refractivity contribution in [2.45, 2.75) is 17.2 Å². The lowest BCUT2D eigenvalue weighted by Crippen LogP contribution is -2.26. The van der Waals surface area contributed by atoms with E-state index in [1.165, 1.54) is 11.8 Å². The van der Waals surface area contributed by atoms with Gasteiger partial charge in [0.25, 0.3) is 5.91 Å². The Labute approximate surface area is 145 Å². The molecule has 6 heteroatoms. The molecular formula is C18H19N3O2S. The van der Waals surface area contributed by atoms with Gasteiger partial charge in [0.1, 0.15) is 12.4 Å². The van der Waals surface area contributed by atoms with Crippen molar-refractivity contribution in [3.8, 4) is 5.75 Å². The summed E-state index contributed by atoms with van der Waals surface area (Å²) in [6.45, 7) is 5.88.